The largest absolute Gasteiger partial charge is 0.379 e. The summed E-state index contributed by atoms with van der Waals surface area (Å²) in [5, 5.41) is 0. The molecule has 1 aromatic carbocycles. The average molecular weight is 264 g/mol. The molecule has 0 aromatic heterocycles. The molecule has 0 heterocycles. The fourth-order valence-corrected chi connectivity index (χ4v) is 2.26. The fraction of sp³-hybridized carbons (Fsp3) is 0.625. The summed E-state index contributed by atoms with van der Waals surface area (Å²) >= 11 is 0. The molecular formula is C16H28N2O. The second-order valence-corrected chi connectivity index (χ2v) is 5.90. The molecular weight excluding hydrogens is 236 g/mol. The van der Waals surface area contributed by atoms with Gasteiger partial charge in [-0.3, -0.25) is 4.90 Å². The predicted molar refractivity (Wildman–Crippen MR) is 81.2 cm³/mol. The number of hydrogen-bond acceptors (Lipinski definition) is 3. The molecule has 0 bridgehead atoms. The Morgan fingerprint density at radius 3 is 2.47 bits per heavy atom. The van der Waals surface area contributed by atoms with Gasteiger partial charge in [-0.15, -0.1) is 0 Å². The van der Waals surface area contributed by atoms with Crippen LogP contribution in [0.5, 0.6) is 0 Å². The van der Waals surface area contributed by atoms with Crippen LogP contribution >= 0.6 is 0 Å². The highest BCUT2D eigenvalue weighted by Crippen LogP contribution is 2.20. The van der Waals surface area contributed by atoms with Crippen LogP contribution in [0.1, 0.15) is 31.4 Å². The number of nitrogens with two attached hydrogens (primary N) is 1. The summed E-state index contributed by atoms with van der Waals surface area (Å²) in [4.78, 5) is 2.32. The molecule has 1 rings (SSSR count). The second-order valence-electron chi connectivity index (χ2n) is 5.90. The van der Waals surface area contributed by atoms with E-state index in [0.717, 1.165) is 13.0 Å². The van der Waals surface area contributed by atoms with Gasteiger partial charge in [-0.2, -0.15) is 0 Å². The van der Waals surface area contributed by atoms with Gasteiger partial charge < -0.3 is 10.5 Å². The van der Waals surface area contributed by atoms with Crippen LogP contribution in [0.2, 0.25) is 0 Å². The van der Waals surface area contributed by atoms with Crippen LogP contribution in [-0.4, -0.2) is 37.2 Å². The third-order valence-corrected chi connectivity index (χ3v) is 3.86. The Labute approximate surface area is 117 Å². The van der Waals surface area contributed by atoms with Crippen LogP contribution in [0.15, 0.2) is 24.3 Å². The van der Waals surface area contributed by atoms with E-state index in [0.29, 0.717) is 12.6 Å². The van der Waals surface area contributed by atoms with E-state index in [1.165, 1.54) is 11.1 Å². The second kappa shape index (κ2) is 7.04. The smallest absolute Gasteiger partial charge is 0.0638 e. The maximum atomic E-state index is 5.93. The van der Waals surface area contributed by atoms with Crippen molar-refractivity contribution >= 4 is 0 Å². The van der Waals surface area contributed by atoms with E-state index in [4.69, 9.17) is 10.5 Å². The Bertz CT molecular complexity index is 390. The van der Waals surface area contributed by atoms with Crippen molar-refractivity contribution in [2.24, 2.45) is 5.73 Å². The van der Waals surface area contributed by atoms with E-state index in [1.807, 2.05) is 0 Å². The van der Waals surface area contributed by atoms with Crippen molar-refractivity contribution in [1.29, 1.82) is 0 Å². The first-order chi connectivity index (χ1) is 8.89. The highest BCUT2D eigenvalue weighted by molar-refractivity contribution is 5.25. The van der Waals surface area contributed by atoms with E-state index < -0.39 is 0 Å². The summed E-state index contributed by atoms with van der Waals surface area (Å²) in [6.07, 6.45) is 0.933. The van der Waals surface area contributed by atoms with Gasteiger partial charge in [0.1, 0.15) is 0 Å². The van der Waals surface area contributed by atoms with Crippen LogP contribution in [-0.2, 0) is 11.3 Å². The van der Waals surface area contributed by atoms with Crippen molar-refractivity contribution in [3.05, 3.63) is 35.4 Å². The number of nitrogens with zero attached hydrogens (tertiary/aromatic N) is 1. The maximum absolute atomic E-state index is 5.93. The lowest BCUT2D eigenvalue weighted by Crippen LogP contribution is -2.43. The minimum atomic E-state index is -0.135. The number of likely N-dealkylation sites (N-methyl/N-ethyl adjacent to an activating group) is 1. The molecule has 0 aliphatic carbocycles. The topological polar surface area (TPSA) is 38.5 Å². The van der Waals surface area contributed by atoms with E-state index in [2.05, 4.69) is 57.0 Å². The van der Waals surface area contributed by atoms with Crippen molar-refractivity contribution in [1.82, 2.24) is 4.90 Å². The molecule has 108 valence electrons. The number of ether oxygens (including phenoxy) is 1. The maximum Gasteiger partial charge on any atom is 0.0638 e. The molecule has 1 unspecified atom stereocenters. The van der Waals surface area contributed by atoms with Gasteiger partial charge in [-0.25, -0.2) is 0 Å². The van der Waals surface area contributed by atoms with Gasteiger partial charge in [0.2, 0.25) is 0 Å². The first-order valence-electron chi connectivity index (χ1n) is 6.89. The zero-order chi connectivity index (χ0) is 14.5. The lowest BCUT2D eigenvalue weighted by molar-refractivity contribution is -0.00540. The molecule has 3 nitrogen and oxygen atoms in total. The summed E-state index contributed by atoms with van der Waals surface area (Å²) in [6.45, 7) is 7.94. The zero-order valence-corrected chi connectivity index (χ0v) is 12.9. The van der Waals surface area contributed by atoms with Gasteiger partial charge in [0, 0.05) is 26.2 Å². The molecule has 0 aliphatic heterocycles. The Morgan fingerprint density at radius 1 is 1.32 bits per heavy atom. The van der Waals surface area contributed by atoms with Crippen molar-refractivity contribution in [3.63, 3.8) is 0 Å². The van der Waals surface area contributed by atoms with Gasteiger partial charge >= 0.3 is 0 Å². The van der Waals surface area contributed by atoms with Crippen LogP contribution in [0.3, 0.4) is 0 Å². The number of rotatable bonds is 7. The summed E-state index contributed by atoms with van der Waals surface area (Å²) in [6, 6.07) is 8.83. The minimum absolute atomic E-state index is 0.135. The van der Waals surface area contributed by atoms with Crippen LogP contribution in [0.25, 0.3) is 0 Å². The molecule has 0 aliphatic rings. The summed E-state index contributed by atoms with van der Waals surface area (Å²) < 4.78 is 5.51. The Kier molecular flexibility index (Phi) is 5.98. The molecule has 2 N–H and O–H groups in total. The lowest BCUT2D eigenvalue weighted by Gasteiger charge is -2.34. The highest BCUT2D eigenvalue weighted by atomic mass is 16.5. The summed E-state index contributed by atoms with van der Waals surface area (Å²) in [5.74, 6) is 0. The zero-order valence-electron chi connectivity index (χ0n) is 12.9. The predicted octanol–water partition coefficient (Wildman–Crippen LogP) is 2.57. The van der Waals surface area contributed by atoms with E-state index in [-0.39, 0.29) is 5.60 Å². The molecule has 0 spiro atoms. The monoisotopic (exact) mass is 264 g/mol. The number of benzene rings is 1. The molecule has 0 radical (unpaired) electrons. The van der Waals surface area contributed by atoms with Gasteiger partial charge in [-0.1, -0.05) is 24.3 Å². The minimum Gasteiger partial charge on any atom is -0.379 e. The number of methoxy groups -OCH3 is 1. The number of hydrogen-bond donors (Lipinski definition) is 1. The molecule has 0 amide bonds. The third-order valence-electron chi connectivity index (χ3n) is 3.86. The molecule has 1 aromatic rings. The quantitative estimate of drug-likeness (QED) is 0.822. The molecule has 1 atom stereocenters. The van der Waals surface area contributed by atoms with Crippen molar-refractivity contribution in [2.45, 2.75) is 45.4 Å². The van der Waals surface area contributed by atoms with Crippen molar-refractivity contribution < 1.29 is 4.74 Å². The standard InChI is InChI=1S/C16H28N2O/c1-13-8-6-7-9-14(13)12-18(4)15(11-17)10-16(2,3)19-5/h6-9,15H,10-12,17H2,1-5H3. The van der Waals surface area contributed by atoms with E-state index in [9.17, 15) is 0 Å². The van der Waals surface area contributed by atoms with E-state index >= 15 is 0 Å². The first kappa shape index (κ1) is 16.2. The fourth-order valence-electron chi connectivity index (χ4n) is 2.26. The van der Waals surface area contributed by atoms with E-state index in [1.54, 1.807) is 7.11 Å². The summed E-state index contributed by atoms with van der Waals surface area (Å²) in [5.41, 5.74) is 8.48. The molecule has 0 fully saturated rings. The third kappa shape index (κ3) is 4.94. The van der Waals surface area contributed by atoms with Gasteiger partial charge in [0.15, 0.2) is 0 Å². The first-order valence-corrected chi connectivity index (χ1v) is 6.89. The molecule has 0 saturated carbocycles. The van der Waals surface area contributed by atoms with Gasteiger partial charge in [0.05, 0.1) is 5.60 Å². The lowest BCUT2D eigenvalue weighted by atomic mass is 9.97. The van der Waals surface area contributed by atoms with Crippen LogP contribution < -0.4 is 5.73 Å². The molecule has 19 heavy (non-hydrogen) atoms. The number of aryl methyl sites for hydroxylation is 1. The Morgan fingerprint density at radius 2 is 1.95 bits per heavy atom. The SMILES string of the molecule is COC(C)(C)CC(CN)N(C)Cc1ccccc1C. The summed E-state index contributed by atoms with van der Waals surface area (Å²) in [7, 11) is 3.89. The normalized spacial score (nSPS) is 13.8. The van der Waals surface area contributed by atoms with Crippen LogP contribution in [0.4, 0.5) is 0 Å². The molecule has 3 heteroatoms. The highest BCUT2D eigenvalue weighted by Gasteiger charge is 2.24. The Balaban J connectivity index is 2.69. The molecule has 0 saturated heterocycles. The van der Waals surface area contributed by atoms with Crippen LogP contribution in [0, 0.1) is 6.92 Å². The van der Waals surface area contributed by atoms with Gasteiger partial charge in [-0.05, 0) is 45.4 Å². The van der Waals surface area contributed by atoms with Crippen molar-refractivity contribution in [2.75, 3.05) is 20.7 Å². The Hall–Kier alpha value is -0.900. The van der Waals surface area contributed by atoms with Gasteiger partial charge in [0.25, 0.3) is 0 Å². The van der Waals surface area contributed by atoms with Crippen molar-refractivity contribution in [3.8, 4) is 0 Å². The average Bonchev–Trinajstić information content (AvgIpc) is 2.38.